The number of hydrogen-bond acceptors (Lipinski definition) is 4. The lowest BCUT2D eigenvalue weighted by atomic mass is 10.2. The van der Waals surface area contributed by atoms with Crippen molar-refractivity contribution in [3.63, 3.8) is 0 Å². The molecule has 0 aliphatic carbocycles. The molecule has 0 aromatic heterocycles. The molecule has 1 atom stereocenters. The molecule has 1 aromatic carbocycles. The summed E-state index contributed by atoms with van der Waals surface area (Å²) in [6, 6.07) is 3.83. The van der Waals surface area contributed by atoms with Gasteiger partial charge in [-0.2, -0.15) is 13.2 Å². The zero-order valence-corrected chi connectivity index (χ0v) is 8.77. The first-order valence-electron chi connectivity index (χ1n) is 4.81. The highest BCUT2D eigenvalue weighted by Gasteiger charge is 2.30. The molecule has 96 valence electrons. The molecule has 1 N–H and O–H groups in total. The van der Waals surface area contributed by atoms with Crippen LogP contribution in [0, 0.1) is 0 Å². The standard InChI is InChI=1S/C11H7F3O4/c12-11(13,14)6-1-3-7(4-2-6)17-8-5-9(15)18-10(8)16/h1-5,10,16H. The van der Waals surface area contributed by atoms with Crippen LogP contribution in [0.2, 0.25) is 0 Å². The Balaban J connectivity index is 2.12. The van der Waals surface area contributed by atoms with Gasteiger partial charge in [0.2, 0.25) is 0 Å². The first-order chi connectivity index (χ1) is 8.36. The lowest BCUT2D eigenvalue weighted by Crippen LogP contribution is -2.13. The van der Waals surface area contributed by atoms with Crippen molar-refractivity contribution in [2.45, 2.75) is 12.5 Å². The van der Waals surface area contributed by atoms with Gasteiger partial charge in [0.15, 0.2) is 5.76 Å². The summed E-state index contributed by atoms with van der Waals surface area (Å²) in [5.74, 6) is -0.879. The molecule has 1 aromatic rings. The van der Waals surface area contributed by atoms with Gasteiger partial charge >= 0.3 is 12.1 Å². The molecule has 2 rings (SSSR count). The van der Waals surface area contributed by atoms with Gasteiger partial charge in [-0.25, -0.2) is 4.79 Å². The van der Waals surface area contributed by atoms with E-state index < -0.39 is 24.0 Å². The lowest BCUT2D eigenvalue weighted by Gasteiger charge is -2.10. The van der Waals surface area contributed by atoms with E-state index in [-0.39, 0.29) is 11.5 Å². The minimum atomic E-state index is -4.43. The molecule has 0 radical (unpaired) electrons. The molecule has 1 unspecified atom stereocenters. The number of ether oxygens (including phenoxy) is 2. The van der Waals surface area contributed by atoms with Gasteiger partial charge in [0, 0.05) is 0 Å². The molecule has 1 aliphatic heterocycles. The number of esters is 1. The zero-order valence-electron chi connectivity index (χ0n) is 8.77. The van der Waals surface area contributed by atoms with Crippen LogP contribution in [0.1, 0.15) is 5.56 Å². The fourth-order valence-electron chi connectivity index (χ4n) is 1.32. The topological polar surface area (TPSA) is 55.8 Å². The van der Waals surface area contributed by atoms with Crippen LogP contribution in [0.3, 0.4) is 0 Å². The van der Waals surface area contributed by atoms with E-state index in [4.69, 9.17) is 4.74 Å². The average molecular weight is 260 g/mol. The van der Waals surface area contributed by atoms with E-state index in [0.717, 1.165) is 30.3 Å². The molecular weight excluding hydrogens is 253 g/mol. The fraction of sp³-hybridized carbons (Fsp3) is 0.182. The van der Waals surface area contributed by atoms with Crippen molar-refractivity contribution in [1.29, 1.82) is 0 Å². The van der Waals surface area contributed by atoms with E-state index in [1.54, 1.807) is 0 Å². The Hall–Kier alpha value is -2.02. The minimum absolute atomic E-state index is 0.0617. The van der Waals surface area contributed by atoms with Gasteiger partial charge in [0.1, 0.15) is 5.75 Å². The molecule has 18 heavy (non-hydrogen) atoms. The Bertz CT molecular complexity index is 490. The number of benzene rings is 1. The molecule has 0 saturated carbocycles. The fourth-order valence-corrected chi connectivity index (χ4v) is 1.32. The van der Waals surface area contributed by atoms with Crippen LogP contribution in [-0.4, -0.2) is 17.4 Å². The summed E-state index contributed by atoms with van der Waals surface area (Å²) in [6.45, 7) is 0. The van der Waals surface area contributed by atoms with Gasteiger partial charge in [-0.15, -0.1) is 0 Å². The molecule has 0 saturated heterocycles. The van der Waals surface area contributed by atoms with E-state index >= 15 is 0 Å². The van der Waals surface area contributed by atoms with Crippen molar-refractivity contribution in [3.8, 4) is 5.75 Å². The van der Waals surface area contributed by atoms with Crippen molar-refractivity contribution in [2.24, 2.45) is 0 Å². The molecule has 4 nitrogen and oxygen atoms in total. The normalized spacial score (nSPS) is 19.4. The number of aliphatic hydroxyl groups is 1. The van der Waals surface area contributed by atoms with Crippen LogP contribution in [-0.2, 0) is 15.7 Å². The van der Waals surface area contributed by atoms with Crippen LogP contribution in [0.25, 0.3) is 0 Å². The number of halogens is 3. The third kappa shape index (κ3) is 2.62. The maximum Gasteiger partial charge on any atom is 0.416 e. The number of rotatable bonds is 2. The number of hydrogen-bond donors (Lipinski definition) is 1. The van der Waals surface area contributed by atoms with Gasteiger partial charge in [-0.05, 0) is 24.3 Å². The summed E-state index contributed by atoms with van der Waals surface area (Å²) < 4.78 is 46.2. The van der Waals surface area contributed by atoms with Crippen molar-refractivity contribution in [2.75, 3.05) is 0 Å². The molecular formula is C11H7F3O4. The van der Waals surface area contributed by atoms with E-state index in [1.807, 2.05) is 0 Å². The molecule has 0 amide bonds. The first-order valence-corrected chi connectivity index (χ1v) is 4.81. The third-order valence-corrected chi connectivity index (χ3v) is 2.15. The van der Waals surface area contributed by atoms with Crippen molar-refractivity contribution >= 4 is 5.97 Å². The number of aliphatic hydroxyl groups excluding tert-OH is 1. The molecule has 0 fully saturated rings. The largest absolute Gasteiger partial charge is 0.455 e. The smallest absolute Gasteiger partial charge is 0.416 e. The molecule has 1 aliphatic rings. The first kappa shape index (κ1) is 12.4. The van der Waals surface area contributed by atoms with E-state index in [9.17, 15) is 23.1 Å². The van der Waals surface area contributed by atoms with Gasteiger partial charge in [0.25, 0.3) is 6.29 Å². The van der Waals surface area contributed by atoms with Crippen LogP contribution < -0.4 is 4.74 Å². The maximum atomic E-state index is 12.3. The maximum absolute atomic E-state index is 12.3. The molecule has 7 heteroatoms. The highest BCUT2D eigenvalue weighted by atomic mass is 19.4. The Morgan fingerprint density at radius 2 is 1.83 bits per heavy atom. The quantitative estimate of drug-likeness (QED) is 0.824. The predicted molar refractivity (Wildman–Crippen MR) is 52.3 cm³/mol. The highest BCUT2D eigenvalue weighted by molar-refractivity contribution is 5.85. The second kappa shape index (κ2) is 4.34. The van der Waals surface area contributed by atoms with Crippen molar-refractivity contribution in [3.05, 3.63) is 41.7 Å². The van der Waals surface area contributed by atoms with Crippen molar-refractivity contribution in [1.82, 2.24) is 0 Å². The summed E-state index contributed by atoms with van der Waals surface area (Å²) in [7, 11) is 0. The molecule has 0 spiro atoms. The predicted octanol–water partition coefficient (Wildman–Crippen LogP) is 1.84. The minimum Gasteiger partial charge on any atom is -0.455 e. The van der Waals surface area contributed by atoms with Crippen molar-refractivity contribution < 1.29 is 32.5 Å². The Morgan fingerprint density at radius 3 is 2.28 bits per heavy atom. The Labute approximate surface area is 99.2 Å². The monoisotopic (exact) mass is 260 g/mol. The van der Waals surface area contributed by atoms with E-state index in [1.165, 1.54) is 0 Å². The van der Waals surface area contributed by atoms with Crippen LogP contribution in [0.5, 0.6) is 5.75 Å². The SMILES string of the molecule is O=C1C=C(Oc2ccc(C(F)(F)F)cc2)C(O)O1. The Morgan fingerprint density at radius 1 is 1.22 bits per heavy atom. The van der Waals surface area contributed by atoms with Crippen LogP contribution in [0.4, 0.5) is 13.2 Å². The van der Waals surface area contributed by atoms with Gasteiger partial charge in [-0.3, -0.25) is 0 Å². The number of alkyl halides is 3. The van der Waals surface area contributed by atoms with Crippen LogP contribution >= 0.6 is 0 Å². The summed E-state index contributed by atoms with van der Waals surface area (Å²) in [6.07, 6.45) is -5.04. The zero-order chi connectivity index (χ0) is 13.3. The van der Waals surface area contributed by atoms with Crippen LogP contribution in [0.15, 0.2) is 36.1 Å². The highest BCUT2D eigenvalue weighted by Crippen LogP contribution is 2.31. The number of carbonyl (C=O) groups is 1. The van der Waals surface area contributed by atoms with Gasteiger partial charge in [-0.1, -0.05) is 0 Å². The second-order valence-corrected chi connectivity index (χ2v) is 3.46. The second-order valence-electron chi connectivity index (χ2n) is 3.46. The summed E-state index contributed by atoms with van der Waals surface area (Å²) in [5, 5.41) is 9.19. The summed E-state index contributed by atoms with van der Waals surface area (Å²) in [5.41, 5.74) is -0.817. The Kier molecular flexibility index (Phi) is 3.00. The summed E-state index contributed by atoms with van der Waals surface area (Å²) >= 11 is 0. The van der Waals surface area contributed by atoms with Gasteiger partial charge in [0.05, 0.1) is 11.6 Å². The molecule has 1 heterocycles. The number of cyclic esters (lactones) is 1. The molecule has 0 bridgehead atoms. The number of carbonyl (C=O) groups excluding carboxylic acids is 1. The summed E-state index contributed by atoms with van der Waals surface area (Å²) in [4.78, 5) is 10.8. The van der Waals surface area contributed by atoms with E-state index in [0.29, 0.717) is 0 Å². The van der Waals surface area contributed by atoms with Gasteiger partial charge < -0.3 is 14.6 Å². The lowest BCUT2D eigenvalue weighted by molar-refractivity contribution is -0.153. The third-order valence-electron chi connectivity index (χ3n) is 2.15. The van der Waals surface area contributed by atoms with E-state index in [2.05, 4.69) is 4.74 Å². The average Bonchev–Trinajstić information content (AvgIpc) is 2.57.